The molecule has 0 spiro atoms. The molecule has 0 bridgehead atoms. The first-order chi connectivity index (χ1) is 6.84. The number of hydrogen-bond acceptors (Lipinski definition) is 4. The van der Waals surface area contributed by atoms with Crippen molar-refractivity contribution in [2.75, 3.05) is 5.32 Å². The lowest BCUT2D eigenvalue weighted by Gasteiger charge is -2.02. The SMILES string of the molecule is Clc1ccc(Nc2ncncn2)cc1. The van der Waals surface area contributed by atoms with Crippen molar-refractivity contribution in [2.24, 2.45) is 0 Å². The minimum absolute atomic E-state index is 0.516. The molecule has 1 aromatic heterocycles. The minimum Gasteiger partial charge on any atom is -0.324 e. The van der Waals surface area contributed by atoms with E-state index in [1.807, 2.05) is 12.1 Å². The Morgan fingerprint density at radius 3 is 2.29 bits per heavy atom. The van der Waals surface area contributed by atoms with Crippen LogP contribution in [-0.4, -0.2) is 15.0 Å². The molecule has 1 N–H and O–H groups in total. The number of aromatic nitrogens is 3. The van der Waals surface area contributed by atoms with E-state index in [-0.39, 0.29) is 0 Å². The van der Waals surface area contributed by atoms with Crippen molar-refractivity contribution in [1.29, 1.82) is 0 Å². The highest BCUT2D eigenvalue weighted by atomic mass is 35.5. The Kier molecular flexibility index (Phi) is 2.55. The molecule has 0 unspecified atom stereocenters. The Morgan fingerprint density at radius 1 is 1.00 bits per heavy atom. The van der Waals surface area contributed by atoms with Gasteiger partial charge in [0.15, 0.2) is 0 Å². The van der Waals surface area contributed by atoms with Crippen LogP contribution in [0.25, 0.3) is 0 Å². The molecule has 0 radical (unpaired) electrons. The van der Waals surface area contributed by atoms with Crippen LogP contribution in [0.2, 0.25) is 5.02 Å². The van der Waals surface area contributed by atoms with Crippen molar-refractivity contribution in [1.82, 2.24) is 15.0 Å². The summed E-state index contributed by atoms with van der Waals surface area (Å²) in [6.45, 7) is 0. The molecule has 5 heteroatoms. The lowest BCUT2D eigenvalue weighted by Crippen LogP contribution is -1.96. The smallest absolute Gasteiger partial charge is 0.230 e. The first kappa shape index (κ1) is 8.90. The first-order valence-corrected chi connectivity index (χ1v) is 4.37. The highest BCUT2D eigenvalue weighted by Crippen LogP contribution is 2.15. The summed E-state index contributed by atoms with van der Waals surface area (Å²) in [6, 6.07) is 7.30. The van der Waals surface area contributed by atoms with Crippen LogP contribution in [0.4, 0.5) is 11.6 Å². The van der Waals surface area contributed by atoms with E-state index >= 15 is 0 Å². The summed E-state index contributed by atoms with van der Waals surface area (Å²) in [5.41, 5.74) is 0.889. The summed E-state index contributed by atoms with van der Waals surface area (Å²) in [6.07, 6.45) is 2.87. The van der Waals surface area contributed by atoms with Gasteiger partial charge in [-0.05, 0) is 24.3 Å². The third-order valence-electron chi connectivity index (χ3n) is 1.59. The van der Waals surface area contributed by atoms with Gasteiger partial charge in [-0.1, -0.05) is 11.6 Å². The van der Waals surface area contributed by atoms with E-state index in [1.165, 1.54) is 12.7 Å². The van der Waals surface area contributed by atoms with E-state index in [9.17, 15) is 0 Å². The van der Waals surface area contributed by atoms with Crippen molar-refractivity contribution in [3.63, 3.8) is 0 Å². The van der Waals surface area contributed by atoms with Crippen LogP contribution in [0.15, 0.2) is 36.9 Å². The number of rotatable bonds is 2. The molecule has 0 aliphatic carbocycles. The Bertz CT molecular complexity index is 401. The van der Waals surface area contributed by atoms with E-state index in [0.717, 1.165) is 5.69 Å². The molecule has 0 atom stereocenters. The number of halogens is 1. The molecule has 1 heterocycles. The summed E-state index contributed by atoms with van der Waals surface area (Å²) in [4.78, 5) is 11.6. The van der Waals surface area contributed by atoms with Crippen LogP contribution in [0.1, 0.15) is 0 Å². The van der Waals surface area contributed by atoms with Crippen LogP contribution in [0, 0.1) is 0 Å². The van der Waals surface area contributed by atoms with Crippen molar-refractivity contribution in [3.8, 4) is 0 Å². The predicted molar refractivity (Wildman–Crippen MR) is 54.6 cm³/mol. The topological polar surface area (TPSA) is 50.7 Å². The minimum atomic E-state index is 0.516. The zero-order valence-electron chi connectivity index (χ0n) is 7.18. The Labute approximate surface area is 86.0 Å². The quantitative estimate of drug-likeness (QED) is 0.819. The summed E-state index contributed by atoms with van der Waals surface area (Å²) >= 11 is 5.75. The molecular formula is C9H7ClN4. The number of nitrogens with zero attached hydrogens (tertiary/aromatic N) is 3. The highest BCUT2D eigenvalue weighted by Gasteiger charge is 1.95. The van der Waals surface area contributed by atoms with E-state index in [1.54, 1.807) is 12.1 Å². The van der Waals surface area contributed by atoms with Crippen molar-refractivity contribution in [2.45, 2.75) is 0 Å². The molecule has 14 heavy (non-hydrogen) atoms. The van der Waals surface area contributed by atoms with Crippen molar-refractivity contribution >= 4 is 23.2 Å². The summed E-state index contributed by atoms with van der Waals surface area (Å²) in [5.74, 6) is 0.516. The van der Waals surface area contributed by atoms with E-state index in [2.05, 4.69) is 20.3 Å². The Balaban J connectivity index is 2.16. The highest BCUT2D eigenvalue weighted by molar-refractivity contribution is 6.30. The van der Waals surface area contributed by atoms with Gasteiger partial charge in [0.1, 0.15) is 12.7 Å². The average molecular weight is 207 g/mol. The third kappa shape index (κ3) is 2.17. The lowest BCUT2D eigenvalue weighted by atomic mass is 10.3. The molecule has 0 saturated carbocycles. The fraction of sp³-hybridized carbons (Fsp3) is 0. The third-order valence-corrected chi connectivity index (χ3v) is 1.85. The summed E-state index contributed by atoms with van der Waals surface area (Å²) < 4.78 is 0. The van der Waals surface area contributed by atoms with Crippen LogP contribution < -0.4 is 5.32 Å². The molecule has 0 aliphatic rings. The molecule has 0 fully saturated rings. The van der Waals surface area contributed by atoms with Gasteiger partial charge in [-0.2, -0.15) is 0 Å². The maximum Gasteiger partial charge on any atom is 0.230 e. The van der Waals surface area contributed by atoms with Crippen molar-refractivity contribution < 1.29 is 0 Å². The van der Waals surface area contributed by atoms with Crippen molar-refractivity contribution in [3.05, 3.63) is 41.9 Å². The molecule has 0 saturated heterocycles. The zero-order valence-corrected chi connectivity index (χ0v) is 7.94. The number of anilines is 2. The van der Waals surface area contributed by atoms with Gasteiger partial charge in [0.25, 0.3) is 0 Å². The van der Waals surface area contributed by atoms with Crippen LogP contribution >= 0.6 is 11.6 Å². The van der Waals surface area contributed by atoms with Gasteiger partial charge in [0, 0.05) is 10.7 Å². The second-order valence-corrected chi connectivity index (χ2v) is 3.03. The molecule has 70 valence electrons. The first-order valence-electron chi connectivity index (χ1n) is 3.99. The molecule has 1 aromatic carbocycles. The largest absolute Gasteiger partial charge is 0.324 e. The van der Waals surface area contributed by atoms with Gasteiger partial charge >= 0.3 is 0 Å². The Hall–Kier alpha value is -1.68. The van der Waals surface area contributed by atoms with Crippen LogP contribution in [-0.2, 0) is 0 Å². The van der Waals surface area contributed by atoms with Gasteiger partial charge in [0.05, 0.1) is 0 Å². The average Bonchev–Trinajstić information content (AvgIpc) is 2.23. The van der Waals surface area contributed by atoms with E-state index < -0.39 is 0 Å². The molecule has 0 aliphatic heterocycles. The normalized spacial score (nSPS) is 9.79. The molecule has 2 aromatic rings. The lowest BCUT2D eigenvalue weighted by molar-refractivity contribution is 1.05. The fourth-order valence-corrected chi connectivity index (χ4v) is 1.09. The van der Waals surface area contributed by atoms with Gasteiger partial charge in [-0.25, -0.2) is 15.0 Å². The van der Waals surface area contributed by atoms with Crippen LogP contribution in [0.3, 0.4) is 0 Å². The number of hydrogen-bond donors (Lipinski definition) is 1. The fourth-order valence-electron chi connectivity index (χ4n) is 0.966. The van der Waals surface area contributed by atoms with Gasteiger partial charge in [0.2, 0.25) is 5.95 Å². The second-order valence-electron chi connectivity index (χ2n) is 2.59. The van der Waals surface area contributed by atoms with E-state index in [4.69, 9.17) is 11.6 Å². The maximum absolute atomic E-state index is 5.75. The molecule has 2 rings (SSSR count). The van der Waals surface area contributed by atoms with Crippen LogP contribution in [0.5, 0.6) is 0 Å². The molecule has 4 nitrogen and oxygen atoms in total. The summed E-state index contributed by atoms with van der Waals surface area (Å²) in [7, 11) is 0. The molecular weight excluding hydrogens is 200 g/mol. The standard InChI is InChI=1S/C9H7ClN4/c10-7-1-3-8(4-2-7)14-9-12-5-11-6-13-9/h1-6H,(H,11,12,13,14). The molecule has 0 amide bonds. The predicted octanol–water partition coefficient (Wildman–Crippen LogP) is 2.27. The summed E-state index contributed by atoms with van der Waals surface area (Å²) in [5, 5.41) is 3.71. The maximum atomic E-state index is 5.75. The Morgan fingerprint density at radius 2 is 1.64 bits per heavy atom. The zero-order chi connectivity index (χ0) is 9.80. The van der Waals surface area contributed by atoms with E-state index in [0.29, 0.717) is 11.0 Å². The van der Waals surface area contributed by atoms with Gasteiger partial charge < -0.3 is 5.32 Å². The monoisotopic (exact) mass is 206 g/mol. The number of nitrogens with one attached hydrogen (secondary N) is 1. The van der Waals surface area contributed by atoms with Gasteiger partial charge in [-0.3, -0.25) is 0 Å². The second kappa shape index (κ2) is 4.02. The number of benzene rings is 1. The van der Waals surface area contributed by atoms with Gasteiger partial charge in [-0.15, -0.1) is 0 Å².